The van der Waals surface area contributed by atoms with Gasteiger partial charge in [0.2, 0.25) is 5.91 Å². The first-order chi connectivity index (χ1) is 14.1. The van der Waals surface area contributed by atoms with E-state index >= 15 is 0 Å². The summed E-state index contributed by atoms with van der Waals surface area (Å²) < 4.78 is 5.85. The van der Waals surface area contributed by atoms with Gasteiger partial charge in [-0.25, -0.2) is 4.98 Å². The third-order valence-corrected chi connectivity index (χ3v) is 5.03. The van der Waals surface area contributed by atoms with E-state index in [4.69, 9.17) is 16.0 Å². The van der Waals surface area contributed by atoms with Crippen molar-refractivity contribution in [2.45, 2.75) is 26.2 Å². The molecule has 5 heteroatoms. The van der Waals surface area contributed by atoms with E-state index in [2.05, 4.69) is 29.4 Å². The molecule has 0 bridgehead atoms. The number of oxazole rings is 1. The average Bonchev–Trinajstić information content (AvgIpc) is 3.12. The molecule has 0 spiro atoms. The van der Waals surface area contributed by atoms with Crippen LogP contribution >= 0.6 is 11.6 Å². The highest BCUT2D eigenvalue weighted by molar-refractivity contribution is 6.30. The number of hydrogen-bond acceptors (Lipinski definition) is 3. The number of rotatable bonds is 6. The van der Waals surface area contributed by atoms with Crippen molar-refractivity contribution in [1.29, 1.82) is 0 Å². The summed E-state index contributed by atoms with van der Waals surface area (Å²) in [6.07, 6.45) is 1.89. The number of carbonyl (C=O) groups excluding carboxylic acids is 1. The van der Waals surface area contributed by atoms with Gasteiger partial charge in [0.15, 0.2) is 11.5 Å². The van der Waals surface area contributed by atoms with Crippen LogP contribution in [-0.4, -0.2) is 10.9 Å². The normalized spacial score (nSPS) is 11.0. The number of aromatic nitrogens is 1. The number of fused-ring (bicyclic) bond motifs is 1. The lowest BCUT2D eigenvalue weighted by Crippen LogP contribution is -2.14. The molecule has 4 rings (SSSR count). The number of nitrogens with zero attached hydrogens (tertiary/aromatic N) is 1. The Morgan fingerprint density at radius 3 is 2.38 bits per heavy atom. The predicted octanol–water partition coefficient (Wildman–Crippen LogP) is 5.82. The van der Waals surface area contributed by atoms with Crippen LogP contribution in [0.5, 0.6) is 0 Å². The molecule has 4 aromatic rings. The molecule has 1 heterocycles. The van der Waals surface area contributed by atoms with Gasteiger partial charge in [0, 0.05) is 17.1 Å². The summed E-state index contributed by atoms with van der Waals surface area (Å²) in [5, 5.41) is 3.58. The molecule has 146 valence electrons. The van der Waals surface area contributed by atoms with E-state index in [0.717, 1.165) is 34.3 Å². The van der Waals surface area contributed by atoms with Crippen LogP contribution in [0.25, 0.3) is 11.1 Å². The Morgan fingerprint density at radius 2 is 1.66 bits per heavy atom. The largest absolute Gasteiger partial charge is 0.440 e. The number of hydrogen-bond donors (Lipinski definition) is 1. The highest BCUT2D eigenvalue weighted by Crippen LogP contribution is 2.20. The van der Waals surface area contributed by atoms with E-state index in [1.165, 1.54) is 5.56 Å². The molecule has 4 nitrogen and oxygen atoms in total. The lowest BCUT2D eigenvalue weighted by Gasteiger charge is -2.06. The van der Waals surface area contributed by atoms with E-state index < -0.39 is 0 Å². The lowest BCUT2D eigenvalue weighted by atomic mass is 10.1. The summed E-state index contributed by atoms with van der Waals surface area (Å²) in [4.78, 5) is 16.8. The third kappa shape index (κ3) is 4.84. The van der Waals surface area contributed by atoms with Crippen LogP contribution in [0.2, 0.25) is 5.02 Å². The van der Waals surface area contributed by atoms with E-state index in [0.29, 0.717) is 23.8 Å². The van der Waals surface area contributed by atoms with Crippen molar-refractivity contribution in [3.63, 3.8) is 0 Å². The molecule has 1 aromatic heterocycles. The second-order valence-corrected chi connectivity index (χ2v) is 7.42. The Labute approximate surface area is 174 Å². The first-order valence-electron chi connectivity index (χ1n) is 9.60. The molecule has 3 aromatic carbocycles. The Bertz CT molecular complexity index is 1130. The van der Waals surface area contributed by atoms with Crippen LogP contribution < -0.4 is 5.32 Å². The average molecular weight is 405 g/mol. The van der Waals surface area contributed by atoms with Gasteiger partial charge in [-0.2, -0.15) is 0 Å². The molecule has 1 N–H and O–H groups in total. The zero-order valence-corrected chi connectivity index (χ0v) is 16.9. The summed E-state index contributed by atoms with van der Waals surface area (Å²) in [6, 6.07) is 21.1. The molecule has 0 aliphatic heterocycles. The fourth-order valence-corrected chi connectivity index (χ4v) is 3.32. The zero-order valence-electron chi connectivity index (χ0n) is 16.1. The van der Waals surface area contributed by atoms with Crippen LogP contribution in [0, 0.1) is 0 Å². The second kappa shape index (κ2) is 8.50. The predicted molar refractivity (Wildman–Crippen MR) is 116 cm³/mol. The first-order valence-corrected chi connectivity index (χ1v) is 9.98. The molecular weight excluding hydrogens is 384 g/mol. The maximum Gasteiger partial charge on any atom is 0.228 e. The van der Waals surface area contributed by atoms with Crippen molar-refractivity contribution in [1.82, 2.24) is 4.98 Å². The molecule has 0 aliphatic carbocycles. The third-order valence-electron chi connectivity index (χ3n) is 4.78. The first kappa shape index (κ1) is 19.2. The van der Waals surface area contributed by atoms with Crippen LogP contribution in [0.3, 0.4) is 0 Å². The van der Waals surface area contributed by atoms with Crippen molar-refractivity contribution in [3.8, 4) is 0 Å². The molecule has 0 unspecified atom stereocenters. The number of amides is 1. The fraction of sp³-hybridized carbons (Fsp3) is 0.167. The number of benzene rings is 3. The van der Waals surface area contributed by atoms with Crippen molar-refractivity contribution in [2.75, 3.05) is 5.32 Å². The molecule has 1 amide bonds. The van der Waals surface area contributed by atoms with Gasteiger partial charge in [-0.1, -0.05) is 48.9 Å². The van der Waals surface area contributed by atoms with E-state index in [1.54, 1.807) is 12.1 Å². The summed E-state index contributed by atoms with van der Waals surface area (Å²) in [6.45, 7) is 2.12. The molecule has 0 saturated carbocycles. The van der Waals surface area contributed by atoms with Crippen molar-refractivity contribution < 1.29 is 9.21 Å². The smallest absolute Gasteiger partial charge is 0.228 e. The quantitative estimate of drug-likeness (QED) is 0.440. The summed E-state index contributed by atoms with van der Waals surface area (Å²) in [5.41, 5.74) is 5.70. The highest BCUT2D eigenvalue weighted by Gasteiger charge is 2.08. The van der Waals surface area contributed by atoms with Gasteiger partial charge in [0.05, 0.1) is 6.42 Å². The zero-order chi connectivity index (χ0) is 20.2. The Morgan fingerprint density at radius 1 is 0.966 bits per heavy atom. The van der Waals surface area contributed by atoms with Crippen LogP contribution in [0.1, 0.15) is 29.5 Å². The molecule has 0 radical (unpaired) electrons. The minimum absolute atomic E-state index is 0.0641. The van der Waals surface area contributed by atoms with Gasteiger partial charge < -0.3 is 9.73 Å². The van der Waals surface area contributed by atoms with Gasteiger partial charge >= 0.3 is 0 Å². The number of carbonyl (C=O) groups is 1. The Balaban J connectivity index is 1.38. The lowest BCUT2D eigenvalue weighted by molar-refractivity contribution is -0.115. The Kier molecular flexibility index (Phi) is 5.63. The van der Waals surface area contributed by atoms with Crippen LogP contribution in [0.15, 0.2) is 71.1 Å². The highest BCUT2D eigenvalue weighted by atomic mass is 35.5. The van der Waals surface area contributed by atoms with E-state index in [9.17, 15) is 4.79 Å². The van der Waals surface area contributed by atoms with Gasteiger partial charge in [-0.15, -0.1) is 0 Å². The maximum absolute atomic E-state index is 12.2. The molecule has 29 heavy (non-hydrogen) atoms. The number of anilines is 1. The SMILES string of the molecule is CCc1ccc2oc(Cc3ccc(NC(=O)Cc4ccc(Cl)cc4)cc3)nc2c1. The van der Waals surface area contributed by atoms with Gasteiger partial charge in [-0.3, -0.25) is 4.79 Å². The van der Waals surface area contributed by atoms with Crippen molar-refractivity contribution >= 4 is 34.3 Å². The molecular formula is C24H21ClN2O2. The monoisotopic (exact) mass is 404 g/mol. The fourth-order valence-electron chi connectivity index (χ4n) is 3.19. The number of aryl methyl sites for hydroxylation is 1. The number of nitrogens with one attached hydrogen (secondary N) is 1. The molecule has 0 saturated heterocycles. The number of halogens is 1. The van der Waals surface area contributed by atoms with E-state index in [-0.39, 0.29) is 5.91 Å². The van der Waals surface area contributed by atoms with Gasteiger partial charge in [-0.05, 0) is 59.5 Å². The van der Waals surface area contributed by atoms with Crippen LogP contribution in [-0.2, 0) is 24.1 Å². The minimum Gasteiger partial charge on any atom is -0.440 e. The second-order valence-electron chi connectivity index (χ2n) is 6.99. The molecule has 0 fully saturated rings. The van der Waals surface area contributed by atoms with Crippen molar-refractivity contribution in [2.24, 2.45) is 0 Å². The van der Waals surface area contributed by atoms with Gasteiger partial charge in [0.1, 0.15) is 5.52 Å². The van der Waals surface area contributed by atoms with Crippen molar-refractivity contribution in [3.05, 3.63) is 94.3 Å². The minimum atomic E-state index is -0.0641. The maximum atomic E-state index is 12.2. The van der Waals surface area contributed by atoms with Crippen LogP contribution in [0.4, 0.5) is 5.69 Å². The van der Waals surface area contributed by atoms with E-state index in [1.807, 2.05) is 42.5 Å². The summed E-state index contributed by atoms with van der Waals surface area (Å²) in [7, 11) is 0. The Hall–Kier alpha value is -3.11. The summed E-state index contributed by atoms with van der Waals surface area (Å²) >= 11 is 5.88. The standard InChI is InChI=1S/C24H21ClN2O2/c1-2-16-7-12-22-21(13-16)27-24(29-22)15-18-5-10-20(11-6-18)26-23(28)14-17-3-8-19(25)9-4-17/h3-13H,2,14-15H2,1H3,(H,26,28). The van der Waals surface area contributed by atoms with Gasteiger partial charge in [0.25, 0.3) is 0 Å². The molecule has 0 aliphatic rings. The summed E-state index contributed by atoms with van der Waals surface area (Å²) in [5.74, 6) is 0.624. The topological polar surface area (TPSA) is 55.1 Å². The molecule has 0 atom stereocenters.